The van der Waals surface area contributed by atoms with Gasteiger partial charge >= 0.3 is 0 Å². The molecule has 9 aromatic rings. The van der Waals surface area contributed by atoms with Crippen molar-refractivity contribution in [3.63, 3.8) is 0 Å². The number of carbonyl (C=O) groups is 6. The number of anilines is 6. The number of benzene rings is 9. The smallest absolute Gasteiger partial charge is 0.281 e. The number of phenolic OH excluding ortho intramolecular Hbond substituents is 6. The molecular weight excluding hydrogens is 1090 g/mol. The highest BCUT2D eigenvalue weighted by Gasteiger charge is 2.44. The van der Waals surface area contributed by atoms with Crippen molar-refractivity contribution in [1.29, 1.82) is 0 Å². The molecule has 0 atom stereocenters. The first-order valence-electron chi connectivity index (χ1n) is 24.5. The number of nitrogens with zero attached hydrogens (tertiary/aromatic N) is 3. The predicted octanol–water partition coefficient (Wildman–Crippen LogP) is 10.6. The summed E-state index contributed by atoms with van der Waals surface area (Å²) in [4.78, 5) is 110. The summed E-state index contributed by atoms with van der Waals surface area (Å²) >= 11 is 0. The Labute approximate surface area is 469 Å². The average Bonchev–Trinajstić information content (AvgIpc) is 0.885. The molecular formula is C60H36N6O18. The predicted molar refractivity (Wildman–Crippen MR) is 298 cm³/mol. The van der Waals surface area contributed by atoms with Crippen LogP contribution in [0.2, 0.25) is 0 Å². The first kappa shape index (κ1) is 54.7. The molecule has 24 heteroatoms. The summed E-state index contributed by atoms with van der Waals surface area (Å²) in [5.41, 5.74) is -3.72. The van der Waals surface area contributed by atoms with E-state index in [1.165, 1.54) is 36.4 Å². The number of hydrogen-bond donors (Lipinski definition) is 9. The molecule has 3 aliphatic rings. The Morgan fingerprint density at radius 2 is 0.440 bits per heavy atom. The summed E-state index contributed by atoms with van der Waals surface area (Å²) in [6.45, 7) is 0. The summed E-state index contributed by atoms with van der Waals surface area (Å²) in [5.74, 6) is -8.14. The molecule has 9 N–H and O–H groups in total. The van der Waals surface area contributed by atoms with E-state index in [1.54, 1.807) is 91.0 Å². The van der Waals surface area contributed by atoms with E-state index in [2.05, 4.69) is 16.0 Å². The van der Waals surface area contributed by atoms with Gasteiger partial charge in [0.05, 0.1) is 81.9 Å². The first-order valence-corrected chi connectivity index (χ1v) is 24.5. The van der Waals surface area contributed by atoms with E-state index in [9.17, 15) is 89.7 Å². The SMILES string of the molecule is O=C1c2c(O)ccc(Nc3ccccc3)c2C(=O)c2c([N+](=O)[O-])ccc(O)c21.O=C1c2c(O)ccc(Nc3ccccc3)c2C(=O)c2c([N+](=O)[O-])ccc(O)c21.O=C1c2c(O)ccc([N+](=O)[O-])c2C(=O)c2c(O)ccc(Nc3ccccc3)c21. The lowest BCUT2D eigenvalue weighted by Gasteiger charge is -2.22. The number of phenols is 6. The Kier molecular flexibility index (Phi) is 14.1. The molecule has 0 saturated carbocycles. The van der Waals surface area contributed by atoms with E-state index >= 15 is 0 Å². The number of fused-ring (bicyclic) bond motifs is 6. The number of nitro benzene ring substituents is 3. The molecule has 414 valence electrons. The number of aromatic hydroxyl groups is 6. The highest BCUT2D eigenvalue weighted by molar-refractivity contribution is 6.35. The molecule has 0 spiro atoms. The van der Waals surface area contributed by atoms with Crippen LogP contribution in [0.4, 0.5) is 51.2 Å². The quantitative estimate of drug-likeness (QED) is 0.0368. The summed E-state index contributed by atoms with van der Waals surface area (Å²) in [7, 11) is 0. The van der Waals surface area contributed by atoms with Crippen LogP contribution in [0.1, 0.15) is 95.5 Å². The minimum absolute atomic E-state index is 0.155. The molecule has 0 radical (unpaired) electrons. The lowest BCUT2D eigenvalue weighted by atomic mass is 9.81. The fraction of sp³-hybridized carbons (Fsp3) is 0. The zero-order valence-electron chi connectivity index (χ0n) is 42.5. The van der Waals surface area contributed by atoms with Crippen LogP contribution >= 0.6 is 0 Å². The molecule has 0 fully saturated rings. The molecule has 0 bridgehead atoms. The molecule has 0 saturated heterocycles. The lowest BCUT2D eigenvalue weighted by molar-refractivity contribution is -0.385. The number of hydrogen-bond acceptors (Lipinski definition) is 21. The van der Waals surface area contributed by atoms with Crippen molar-refractivity contribution in [2.75, 3.05) is 16.0 Å². The molecule has 9 aromatic carbocycles. The molecule has 0 aliphatic heterocycles. The van der Waals surface area contributed by atoms with Crippen molar-refractivity contribution in [2.45, 2.75) is 0 Å². The Morgan fingerprint density at radius 3 is 0.679 bits per heavy atom. The fourth-order valence-corrected chi connectivity index (χ4v) is 9.84. The topological polar surface area (TPSA) is 389 Å². The third-order valence-corrected chi connectivity index (χ3v) is 13.5. The molecule has 0 unspecified atom stereocenters. The third kappa shape index (κ3) is 9.45. The van der Waals surface area contributed by atoms with Crippen molar-refractivity contribution < 1.29 is 74.2 Å². The maximum atomic E-state index is 13.2. The van der Waals surface area contributed by atoms with Crippen LogP contribution in [-0.2, 0) is 0 Å². The molecule has 84 heavy (non-hydrogen) atoms. The van der Waals surface area contributed by atoms with Gasteiger partial charge < -0.3 is 46.6 Å². The average molecular weight is 1130 g/mol. The van der Waals surface area contributed by atoms with E-state index in [-0.39, 0.29) is 50.4 Å². The van der Waals surface area contributed by atoms with Crippen molar-refractivity contribution in [3.05, 3.63) is 261 Å². The summed E-state index contributed by atoms with van der Waals surface area (Å²) in [6.07, 6.45) is 0. The van der Waals surface area contributed by atoms with Crippen molar-refractivity contribution in [1.82, 2.24) is 0 Å². The largest absolute Gasteiger partial charge is 0.507 e. The van der Waals surface area contributed by atoms with Gasteiger partial charge in [0.25, 0.3) is 17.1 Å². The van der Waals surface area contributed by atoms with Crippen LogP contribution in [0.25, 0.3) is 0 Å². The minimum atomic E-state index is -0.901. The normalized spacial score (nSPS) is 12.3. The van der Waals surface area contributed by atoms with Crippen molar-refractivity contribution in [2.24, 2.45) is 0 Å². The number of nitro groups is 3. The minimum Gasteiger partial charge on any atom is -0.507 e. The van der Waals surface area contributed by atoms with Gasteiger partial charge in [-0.15, -0.1) is 0 Å². The Morgan fingerprint density at radius 1 is 0.250 bits per heavy atom. The van der Waals surface area contributed by atoms with Gasteiger partial charge in [-0.05, 0) is 91.0 Å². The van der Waals surface area contributed by atoms with E-state index in [1.807, 2.05) is 0 Å². The molecule has 0 amide bonds. The molecule has 0 heterocycles. The molecule has 12 rings (SSSR count). The van der Waals surface area contributed by atoms with Gasteiger partial charge in [-0.2, -0.15) is 0 Å². The molecule has 24 nitrogen and oxygen atoms in total. The fourth-order valence-electron chi connectivity index (χ4n) is 9.84. The summed E-state index contributed by atoms with van der Waals surface area (Å²) in [5, 5.41) is 104. The highest BCUT2D eigenvalue weighted by atomic mass is 16.6. The van der Waals surface area contributed by atoms with Gasteiger partial charge in [-0.25, -0.2) is 0 Å². The zero-order chi connectivity index (χ0) is 60.0. The van der Waals surface area contributed by atoms with Crippen LogP contribution < -0.4 is 16.0 Å². The van der Waals surface area contributed by atoms with Gasteiger partial charge in [0.2, 0.25) is 34.7 Å². The number of nitrogens with one attached hydrogen (secondary N) is 3. The second-order valence-electron chi connectivity index (χ2n) is 18.4. The molecule has 3 aliphatic carbocycles. The second-order valence-corrected chi connectivity index (χ2v) is 18.4. The molecule has 0 aromatic heterocycles. The van der Waals surface area contributed by atoms with E-state index in [4.69, 9.17) is 0 Å². The van der Waals surface area contributed by atoms with E-state index < -0.39 is 134 Å². The number of carbonyl (C=O) groups excluding carboxylic acids is 6. The summed E-state index contributed by atoms with van der Waals surface area (Å²) in [6, 6.07) is 40.2. The first-order chi connectivity index (χ1) is 40.2. The second kappa shape index (κ2) is 21.6. The van der Waals surface area contributed by atoms with Crippen molar-refractivity contribution in [3.8, 4) is 34.5 Å². The van der Waals surface area contributed by atoms with E-state index in [0.717, 1.165) is 36.4 Å². The lowest BCUT2D eigenvalue weighted by Crippen LogP contribution is -2.23. The van der Waals surface area contributed by atoms with Crippen LogP contribution in [0, 0.1) is 30.3 Å². The standard InChI is InChI=1S/3C20H12N2O6/c23-13-8-6-11(21-10-4-2-1-3-5-10)15-17(13)20(26)16-12(22(27)28)7-9-14(24)18(16)19(15)25;2*23-13-8-6-11(21-10-4-2-1-3-5-10)15-17(13)20(26)18-14(24)9-7-12(22(27)28)16(18)19(15)25/h3*1-9,21,23-24H. The summed E-state index contributed by atoms with van der Waals surface area (Å²) < 4.78 is 0. The van der Waals surface area contributed by atoms with E-state index in [0.29, 0.717) is 17.1 Å². The Hall–Kier alpha value is -12.6. The van der Waals surface area contributed by atoms with Crippen LogP contribution in [0.5, 0.6) is 34.5 Å². The van der Waals surface area contributed by atoms with Crippen LogP contribution in [0.15, 0.2) is 164 Å². The van der Waals surface area contributed by atoms with Gasteiger partial charge in [0.15, 0.2) is 0 Å². The highest BCUT2D eigenvalue weighted by Crippen LogP contribution is 2.47. The maximum Gasteiger partial charge on any atom is 0.281 e. The maximum absolute atomic E-state index is 13.2. The number of rotatable bonds is 9. The third-order valence-electron chi connectivity index (χ3n) is 13.5. The van der Waals surface area contributed by atoms with Crippen LogP contribution in [0.3, 0.4) is 0 Å². The van der Waals surface area contributed by atoms with Crippen LogP contribution in [-0.4, -0.2) is 80.1 Å². The Balaban J connectivity index is 0.000000140. The Bertz CT molecular complexity index is 4210. The van der Waals surface area contributed by atoms with Crippen molar-refractivity contribution >= 4 is 85.9 Å². The monoisotopic (exact) mass is 1130 g/mol. The van der Waals surface area contributed by atoms with Gasteiger partial charge in [-0.3, -0.25) is 59.1 Å². The van der Waals surface area contributed by atoms with Gasteiger partial charge in [0, 0.05) is 35.3 Å². The number of para-hydroxylation sites is 3. The van der Waals surface area contributed by atoms with Gasteiger partial charge in [0.1, 0.15) is 51.2 Å². The zero-order valence-corrected chi connectivity index (χ0v) is 42.5. The number of ketones is 6. The van der Waals surface area contributed by atoms with Gasteiger partial charge in [-0.1, -0.05) is 54.6 Å².